The summed E-state index contributed by atoms with van der Waals surface area (Å²) < 4.78 is 11.1. The number of fused-ring (bicyclic) bond motifs is 1. The maximum Gasteiger partial charge on any atom is 0.229 e. The average Bonchev–Trinajstić information content (AvgIpc) is 3.42. The highest BCUT2D eigenvalue weighted by molar-refractivity contribution is 5.83. The number of nitrogens with zero attached hydrogens (tertiary/aromatic N) is 1. The number of ether oxygens (including phenoxy) is 2. The molecule has 2 heterocycles. The monoisotopic (exact) mass is 433 g/mol. The summed E-state index contributed by atoms with van der Waals surface area (Å²) in [6.07, 6.45) is 6.10. The van der Waals surface area contributed by atoms with E-state index in [1.165, 1.54) is 24.0 Å². The van der Waals surface area contributed by atoms with Gasteiger partial charge in [-0.3, -0.25) is 4.79 Å². The van der Waals surface area contributed by atoms with Crippen LogP contribution in [0.25, 0.3) is 0 Å². The van der Waals surface area contributed by atoms with Crippen LogP contribution < -0.4 is 4.74 Å². The Balaban J connectivity index is 1.29. The van der Waals surface area contributed by atoms with Gasteiger partial charge in [0.1, 0.15) is 5.75 Å². The first-order valence-electron chi connectivity index (χ1n) is 12.2. The Bertz CT molecular complexity index is 921. The van der Waals surface area contributed by atoms with E-state index < -0.39 is 0 Å². The summed E-state index contributed by atoms with van der Waals surface area (Å²) in [6, 6.07) is 19.0. The van der Waals surface area contributed by atoms with Crippen molar-refractivity contribution in [3.8, 4) is 5.75 Å². The van der Waals surface area contributed by atoms with Gasteiger partial charge >= 0.3 is 0 Å². The minimum atomic E-state index is -0.305. The molecule has 4 heteroatoms. The molecule has 0 N–H and O–H groups in total. The highest BCUT2D eigenvalue weighted by atomic mass is 16.5. The molecule has 0 bridgehead atoms. The van der Waals surface area contributed by atoms with Gasteiger partial charge in [-0.1, -0.05) is 42.5 Å². The highest BCUT2D eigenvalue weighted by Crippen LogP contribution is 2.46. The predicted molar refractivity (Wildman–Crippen MR) is 126 cm³/mol. The molecule has 1 saturated carbocycles. The molecule has 2 aromatic carbocycles. The largest absolute Gasteiger partial charge is 0.497 e. The lowest BCUT2D eigenvalue weighted by Gasteiger charge is -2.39. The third-order valence-electron chi connectivity index (χ3n) is 8.21. The minimum absolute atomic E-state index is 0.305. The second-order valence-electron chi connectivity index (χ2n) is 10.1. The second-order valence-corrected chi connectivity index (χ2v) is 10.1. The zero-order valence-electron chi connectivity index (χ0n) is 19.2. The van der Waals surface area contributed by atoms with E-state index in [9.17, 15) is 4.79 Å². The maximum absolute atomic E-state index is 14.0. The smallest absolute Gasteiger partial charge is 0.229 e. The van der Waals surface area contributed by atoms with Crippen molar-refractivity contribution >= 4 is 5.91 Å². The van der Waals surface area contributed by atoms with Crippen molar-refractivity contribution in [2.45, 2.75) is 38.5 Å². The van der Waals surface area contributed by atoms with Gasteiger partial charge < -0.3 is 14.4 Å². The molecule has 3 atom stereocenters. The lowest BCUT2D eigenvalue weighted by atomic mass is 9.74. The fraction of sp³-hybridized carbons (Fsp3) is 0.536. The predicted octanol–water partition coefficient (Wildman–Crippen LogP) is 4.76. The molecule has 1 amide bonds. The van der Waals surface area contributed by atoms with Gasteiger partial charge in [0.05, 0.1) is 12.5 Å². The lowest BCUT2D eigenvalue weighted by Crippen LogP contribution is -2.48. The van der Waals surface area contributed by atoms with Gasteiger partial charge in [-0.15, -0.1) is 0 Å². The molecule has 2 saturated heterocycles. The van der Waals surface area contributed by atoms with Gasteiger partial charge in [0.15, 0.2) is 0 Å². The van der Waals surface area contributed by atoms with Crippen LogP contribution in [0.5, 0.6) is 5.75 Å². The lowest BCUT2D eigenvalue weighted by molar-refractivity contribution is -0.147. The van der Waals surface area contributed by atoms with Crippen LogP contribution in [0.3, 0.4) is 0 Å². The van der Waals surface area contributed by atoms with Gasteiger partial charge in [-0.2, -0.15) is 0 Å². The Labute approximate surface area is 191 Å². The van der Waals surface area contributed by atoms with Crippen molar-refractivity contribution in [1.82, 2.24) is 4.90 Å². The van der Waals surface area contributed by atoms with E-state index in [1.807, 2.05) is 12.1 Å². The van der Waals surface area contributed by atoms with E-state index in [-0.39, 0.29) is 5.41 Å². The first kappa shape index (κ1) is 21.5. The van der Waals surface area contributed by atoms with Crippen molar-refractivity contribution < 1.29 is 14.3 Å². The van der Waals surface area contributed by atoms with E-state index in [0.717, 1.165) is 44.5 Å². The van der Waals surface area contributed by atoms with E-state index in [0.29, 0.717) is 36.9 Å². The molecule has 5 rings (SSSR count). The first-order chi connectivity index (χ1) is 15.7. The third kappa shape index (κ3) is 4.30. The zero-order valence-corrected chi connectivity index (χ0v) is 19.2. The molecule has 2 aliphatic heterocycles. The normalized spacial score (nSPS) is 26.7. The van der Waals surface area contributed by atoms with E-state index in [4.69, 9.17) is 9.47 Å². The maximum atomic E-state index is 14.0. The first-order valence-corrected chi connectivity index (χ1v) is 12.2. The number of amides is 1. The zero-order chi connectivity index (χ0) is 22.0. The molecule has 32 heavy (non-hydrogen) atoms. The average molecular weight is 434 g/mol. The van der Waals surface area contributed by atoms with Crippen LogP contribution in [0.2, 0.25) is 0 Å². The molecule has 1 aliphatic carbocycles. The Hall–Kier alpha value is -2.33. The van der Waals surface area contributed by atoms with E-state index >= 15 is 0 Å². The number of rotatable bonds is 6. The van der Waals surface area contributed by atoms with Crippen molar-refractivity contribution in [2.24, 2.45) is 23.2 Å². The highest BCUT2D eigenvalue weighted by Gasteiger charge is 2.49. The van der Waals surface area contributed by atoms with Gasteiger partial charge in [0.2, 0.25) is 5.91 Å². The van der Waals surface area contributed by atoms with Gasteiger partial charge in [-0.05, 0) is 79.5 Å². The van der Waals surface area contributed by atoms with Crippen LogP contribution >= 0.6 is 0 Å². The molecule has 4 nitrogen and oxygen atoms in total. The molecule has 0 radical (unpaired) electrons. The molecule has 0 unspecified atom stereocenters. The summed E-state index contributed by atoms with van der Waals surface area (Å²) in [5.41, 5.74) is 2.31. The molecule has 170 valence electrons. The summed E-state index contributed by atoms with van der Waals surface area (Å²) in [7, 11) is 1.73. The fourth-order valence-corrected chi connectivity index (χ4v) is 6.45. The standard InChI is InChI=1S/C28H35NO3/c1-31-25-9-5-8-22(17-25)16-23-10-11-24-19-29(20-26(23)24)27(30)28(12-14-32-15-13-28)18-21-6-3-2-4-7-21/h2-9,17,23-24,26H,10-16,18-20H2,1H3/t23-,24-,26-/m1/s1. The molecule has 0 aromatic heterocycles. The summed E-state index contributed by atoms with van der Waals surface area (Å²) in [6.45, 7) is 3.25. The third-order valence-corrected chi connectivity index (χ3v) is 8.21. The summed E-state index contributed by atoms with van der Waals surface area (Å²) in [5, 5.41) is 0. The Morgan fingerprint density at radius 1 is 1.03 bits per heavy atom. The van der Waals surface area contributed by atoms with Crippen LogP contribution in [-0.2, 0) is 22.4 Å². The molecule has 3 fully saturated rings. The van der Waals surface area contributed by atoms with Crippen molar-refractivity contribution in [3.63, 3.8) is 0 Å². The topological polar surface area (TPSA) is 38.8 Å². The molecular formula is C28H35NO3. The van der Waals surface area contributed by atoms with Crippen LogP contribution in [0.1, 0.15) is 36.8 Å². The van der Waals surface area contributed by atoms with E-state index in [1.54, 1.807) is 7.11 Å². The quantitative estimate of drug-likeness (QED) is 0.659. The summed E-state index contributed by atoms with van der Waals surface area (Å²) >= 11 is 0. The van der Waals surface area contributed by atoms with Crippen LogP contribution in [0, 0.1) is 23.2 Å². The van der Waals surface area contributed by atoms with Gasteiger partial charge in [0.25, 0.3) is 0 Å². The van der Waals surface area contributed by atoms with Crippen molar-refractivity contribution in [1.29, 1.82) is 0 Å². The van der Waals surface area contributed by atoms with Gasteiger partial charge in [-0.25, -0.2) is 0 Å². The molecular weight excluding hydrogens is 398 g/mol. The van der Waals surface area contributed by atoms with Gasteiger partial charge in [0, 0.05) is 26.3 Å². The Kier molecular flexibility index (Phi) is 6.23. The van der Waals surface area contributed by atoms with Crippen molar-refractivity contribution in [2.75, 3.05) is 33.4 Å². The number of hydrogen-bond acceptors (Lipinski definition) is 3. The Morgan fingerprint density at radius 2 is 1.81 bits per heavy atom. The summed E-state index contributed by atoms with van der Waals surface area (Å²) in [5.74, 6) is 3.24. The van der Waals surface area contributed by atoms with E-state index in [2.05, 4.69) is 47.4 Å². The van der Waals surface area contributed by atoms with Crippen LogP contribution in [0.15, 0.2) is 54.6 Å². The van der Waals surface area contributed by atoms with Crippen molar-refractivity contribution in [3.05, 3.63) is 65.7 Å². The van der Waals surface area contributed by atoms with Crippen LogP contribution in [0.4, 0.5) is 0 Å². The SMILES string of the molecule is COc1cccc(C[C@H]2CC[C@@H]3CN(C(=O)C4(Cc5ccccc5)CCOCC4)C[C@H]23)c1. The summed E-state index contributed by atoms with van der Waals surface area (Å²) in [4.78, 5) is 16.2. The number of carbonyl (C=O) groups excluding carboxylic acids is 1. The molecule has 3 aliphatic rings. The number of benzene rings is 2. The number of methoxy groups -OCH3 is 1. The molecule has 0 spiro atoms. The second kappa shape index (κ2) is 9.27. The number of hydrogen-bond donors (Lipinski definition) is 0. The minimum Gasteiger partial charge on any atom is -0.497 e. The number of carbonyl (C=O) groups is 1. The molecule has 2 aromatic rings. The number of likely N-dealkylation sites (tertiary alicyclic amines) is 1. The van der Waals surface area contributed by atoms with Crippen LogP contribution in [-0.4, -0.2) is 44.2 Å². The fourth-order valence-electron chi connectivity index (χ4n) is 6.45. The Morgan fingerprint density at radius 3 is 2.59 bits per heavy atom.